The lowest BCUT2D eigenvalue weighted by Gasteiger charge is -2.32. The summed E-state index contributed by atoms with van der Waals surface area (Å²) in [6, 6.07) is 12.4. The second kappa shape index (κ2) is 8.58. The zero-order valence-electron chi connectivity index (χ0n) is 17.9. The summed E-state index contributed by atoms with van der Waals surface area (Å²) in [5.74, 6) is 0.484. The number of pyridine rings is 1. The van der Waals surface area contributed by atoms with Crippen molar-refractivity contribution in [2.75, 3.05) is 13.1 Å². The molecule has 0 unspecified atom stereocenters. The molecule has 1 atom stereocenters. The van der Waals surface area contributed by atoms with E-state index in [1.165, 1.54) is 0 Å². The highest BCUT2D eigenvalue weighted by Crippen LogP contribution is 2.38. The van der Waals surface area contributed by atoms with E-state index in [-0.39, 0.29) is 23.8 Å². The minimum absolute atomic E-state index is 0.0674. The van der Waals surface area contributed by atoms with E-state index in [0.29, 0.717) is 25.9 Å². The van der Waals surface area contributed by atoms with Crippen LogP contribution in [0.15, 0.2) is 48.8 Å². The summed E-state index contributed by atoms with van der Waals surface area (Å²) in [4.78, 5) is 32.2. The van der Waals surface area contributed by atoms with Gasteiger partial charge in [0.15, 0.2) is 0 Å². The molecular formula is C25H31N3O2. The van der Waals surface area contributed by atoms with Crippen LogP contribution in [0.25, 0.3) is 11.1 Å². The molecular weight excluding hydrogens is 374 g/mol. The van der Waals surface area contributed by atoms with Crippen molar-refractivity contribution >= 4 is 11.8 Å². The summed E-state index contributed by atoms with van der Waals surface area (Å²) in [7, 11) is 0. The van der Waals surface area contributed by atoms with Crippen molar-refractivity contribution in [2.45, 2.75) is 52.0 Å². The first-order valence-electron chi connectivity index (χ1n) is 11.1. The van der Waals surface area contributed by atoms with Gasteiger partial charge in [-0.3, -0.25) is 14.6 Å². The smallest absolute Gasteiger partial charge is 0.228 e. The van der Waals surface area contributed by atoms with E-state index < -0.39 is 5.41 Å². The molecule has 5 heteroatoms. The molecule has 4 rings (SSSR count). The molecule has 0 spiro atoms. The number of rotatable bonds is 6. The maximum atomic E-state index is 13.2. The fourth-order valence-electron chi connectivity index (χ4n) is 4.54. The molecule has 2 aliphatic rings. The van der Waals surface area contributed by atoms with Crippen LogP contribution >= 0.6 is 0 Å². The Labute approximate surface area is 178 Å². The van der Waals surface area contributed by atoms with E-state index in [1.54, 1.807) is 6.20 Å². The fourth-order valence-corrected chi connectivity index (χ4v) is 4.54. The van der Waals surface area contributed by atoms with Gasteiger partial charge in [0.2, 0.25) is 11.8 Å². The van der Waals surface area contributed by atoms with Crippen LogP contribution < -0.4 is 5.32 Å². The summed E-state index contributed by atoms with van der Waals surface area (Å²) < 4.78 is 0. The van der Waals surface area contributed by atoms with Gasteiger partial charge in [0.05, 0.1) is 5.41 Å². The third-order valence-corrected chi connectivity index (χ3v) is 6.51. The quantitative estimate of drug-likeness (QED) is 0.794. The maximum Gasteiger partial charge on any atom is 0.228 e. The Bertz CT molecular complexity index is 890. The molecule has 2 aromatic rings. The summed E-state index contributed by atoms with van der Waals surface area (Å²) in [5.41, 5.74) is 2.76. The average molecular weight is 406 g/mol. The van der Waals surface area contributed by atoms with Crippen LogP contribution in [0.4, 0.5) is 0 Å². The molecule has 0 radical (unpaired) electrons. The SMILES string of the molecule is CC(C)NC(=O)[C@]1(Cc2ccc(-c3cccnc3)cc2)CCN(C(=O)C2CCC2)C1. The van der Waals surface area contributed by atoms with Crippen molar-refractivity contribution < 1.29 is 9.59 Å². The van der Waals surface area contributed by atoms with Crippen LogP contribution in [-0.2, 0) is 16.0 Å². The second-order valence-corrected chi connectivity index (χ2v) is 9.16. The number of benzene rings is 1. The molecule has 2 fully saturated rings. The first-order chi connectivity index (χ1) is 14.5. The number of carbonyl (C=O) groups is 2. The lowest BCUT2D eigenvalue weighted by Crippen LogP contribution is -2.48. The number of aromatic nitrogens is 1. The van der Waals surface area contributed by atoms with Gasteiger partial charge < -0.3 is 10.2 Å². The van der Waals surface area contributed by atoms with E-state index >= 15 is 0 Å². The molecule has 1 aromatic heterocycles. The van der Waals surface area contributed by atoms with Crippen LogP contribution in [-0.4, -0.2) is 40.8 Å². The highest BCUT2D eigenvalue weighted by atomic mass is 16.2. The summed E-state index contributed by atoms with van der Waals surface area (Å²) in [6.07, 6.45) is 8.13. The van der Waals surface area contributed by atoms with E-state index in [1.807, 2.05) is 37.1 Å². The Morgan fingerprint density at radius 1 is 1.17 bits per heavy atom. The zero-order chi connectivity index (χ0) is 21.1. The Balaban J connectivity index is 1.53. The van der Waals surface area contributed by atoms with Gasteiger partial charge in [0.1, 0.15) is 0 Å². The number of likely N-dealkylation sites (tertiary alicyclic amines) is 1. The molecule has 1 N–H and O–H groups in total. The number of hydrogen-bond acceptors (Lipinski definition) is 3. The lowest BCUT2D eigenvalue weighted by molar-refractivity contribution is -0.138. The molecule has 30 heavy (non-hydrogen) atoms. The molecule has 1 aliphatic carbocycles. The minimum Gasteiger partial charge on any atom is -0.353 e. The van der Waals surface area contributed by atoms with Crippen LogP contribution in [0.1, 0.15) is 45.1 Å². The van der Waals surface area contributed by atoms with E-state index in [4.69, 9.17) is 0 Å². The molecule has 2 heterocycles. The lowest BCUT2D eigenvalue weighted by atomic mass is 9.79. The molecule has 1 aliphatic heterocycles. The molecule has 1 saturated carbocycles. The van der Waals surface area contributed by atoms with Crippen molar-refractivity contribution in [3.05, 3.63) is 54.4 Å². The summed E-state index contributed by atoms with van der Waals surface area (Å²) in [6.45, 7) is 5.17. The van der Waals surface area contributed by atoms with Gasteiger partial charge in [0, 0.05) is 37.4 Å². The van der Waals surface area contributed by atoms with Gasteiger partial charge in [0.25, 0.3) is 0 Å². The van der Waals surface area contributed by atoms with Gasteiger partial charge in [-0.25, -0.2) is 0 Å². The Hall–Kier alpha value is -2.69. The average Bonchev–Trinajstić information content (AvgIpc) is 3.13. The van der Waals surface area contributed by atoms with Gasteiger partial charge >= 0.3 is 0 Å². The third-order valence-electron chi connectivity index (χ3n) is 6.51. The van der Waals surface area contributed by atoms with Gasteiger partial charge in [-0.15, -0.1) is 0 Å². The highest BCUT2D eigenvalue weighted by Gasteiger charge is 2.47. The van der Waals surface area contributed by atoms with Gasteiger partial charge in [-0.1, -0.05) is 36.8 Å². The molecule has 1 aromatic carbocycles. The largest absolute Gasteiger partial charge is 0.353 e. The zero-order valence-corrected chi connectivity index (χ0v) is 17.9. The van der Waals surface area contributed by atoms with Crippen molar-refractivity contribution in [2.24, 2.45) is 11.3 Å². The van der Waals surface area contributed by atoms with Crippen molar-refractivity contribution in [1.82, 2.24) is 15.2 Å². The van der Waals surface area contributed by atoms with E-state index in [9.17, 15) is 9.59 Å². The van der Waals surface area contributed by atoms with E-state index in [0.717, 1.165) is 36.0 Å². The molecule has 158 valence electrons. The van der Waals surface area contributed by atoms with Crippen molar-refractivity contribution in [3.63, 3.8) is 0 Å². The first kappa shape index (κ1) is 20.6. The first-order valence-corrected chi connectivity index (χ1v) is 11.1. The monoisotopic (exact) mass is 405 g/mol. The number of nitrogens with one attached hydrogen (secondary N) is 1. The molecule has 2 amide bonds. The van der Waals surface area contributed by atoms with Crippen molar-refractivity contribution in [3.8, 4) is 11.1 Å². The van der Waals surface area contributed by atoms with Gasteiger partial charge in [-0.2, -0.15) is 0 Å². The third kappa shape index (κ3) is 4.25. The Morgan fingerprint density at radius 2 is 1.93 bits per heavy atom. The molecule has 1 saturated heterocycles. The summed E-state index contributed by atoms with van der Waals surface area (Å²) in [5, 5.41) is 3.11. The van der Waals surface area contributed by atoms with Crippen LogP contribution in [0.2, 0.25) is 0 Å². The number of hydrogen-bond donors (Lipinski definition) is 1. The van der Waals surface area contributed by atoms with Crippen LogP contribution in [0, 0.1) is 11.3 Å². The normalized spacial score (nSPS) is 21.5. The fraction of sp³-hybridized carbons (Fsp3) is 0.480. The standard InChI is InChI=1S/C25H31N3O2/c1-18(2)27-24(30)25(12-14-28(17-25)23(29)21-5-3-6-21)15-19-8-10-20(11-9-19)22-7-4-13-26-16-22/h4,7-11,13,16,18,21H,3,5-6,12,14-15,17H2,1-2H3,(H,27,30)/t25-/m0/s1. The Morgan fingerprint density at radius 3 is 2.53 bits per heavy atom. The minimum atomic E-state index is -0.556. The van der Waals surface area contributed by atoms with Gasteiger partial charge in [-0.05, 0) is 62.3 Å². The predicted molar refractivity (Wildman–Crippen MR) is 118 cm³/mol. The number of nitrogens with zero attached hydrogens (tertiary/aromatic N) is 2. The molecule has 0 bridgehead atoms. The van der Waals surface area contributed by atoms with E-state index in [2.05, 4.69) is 34.6 Å². The predicted octanol–water partition coefficient (Wildman–Crippen LogP) is 3.83. The topological polar surface area (TPSA) is 62.3 Å². The van der Waals surface area contributed by atoms with Crippen molar-refractivity contribution in [1.29, 1.82) is 0 Å². The van der Waals surface area contributed by atoms with Crippen LogP contribution in [0.3, 0.4) is 0 Å². The Kier molecular flexibility index (Phi) is 5.89. The number of carbonyl (C=O) groups excluding carboxylic acids is 2. The highest BCUT2D eigenvalue weighted by molar-refractivity contribution is 5.86. The maximum absolute atomic E-state index is 13.2. The number of amides is 2. The van der Waals surface area contributed by atoms with Crippen LogP contribution in [0.5, 0.6) is 0 Å². The summed E-state index contributed by atoms with van der Waals surface area (Å²) >= 11 is 0. The molecule has 5 nitrogen and oxygen atoms in total. The second-order valence-electron chi connectivity index (χ2n) is 9.16.